The maximum Gasteiger partial charge on any atom is 0.209 e. The molecule has 0 fully saturated rings. The van der Waals surface area contributed by atoms with Gasteiger partial charge in [0, 0.05) is 19.3 Å². The summed E-state index contributed by atoms with van der Waals surface area (Å²) in [4.78, 5) is 0. The van der Waals surface area contributed by atoms with Gasteiger partial charge in [0.2, 0.25) is 5.16 Å². The van der Waals surface area contributed by atoms with Crippen molar-refractivity contribution in [3.63, 3.8) is 0 Å². The third-order valence-corrected chi connectivity index (χ3v) is 6.16. The van der Waals surface area contributed by atoms with Gasteiger partial charge in [-0.15, -0.1) is 5.10 Å². The molecule has 0 atom stereocenters. The topological polar surface area (TPSA) is 74.1 Å². The van der Waals surface area contributed by atoms with E-state index in [1.807, 2.05) is 26.1 Å². The quantitative estimate of drug-likeness (QED) is 0.286. The van der Waals surface area contributed by atoms with E-state index in [4.69, 9.17) is 9.47 Å². The molecule has 1 heterocycles. The Kier molecular flexibility index (Phi) is 9.17. The van der Waals surface area contributed by atoms with Crippen LogP contribution >= 0.6 is 27.7 Å². The fraction of sp³-hybridized carbons (Fsp3) is 0.409. The second kappa shape index (κ2) is 12.1. The van der Waals surface area contributed by atoms with Crippen LogP contribution < -0.4 is 14.8 Å². The first-order valence-electron chi connectivity index (χ1n) is 10.3. The van der Waals surface area contributed by atoms with E-state index in [0.717, 1.165) is 57.5 Å². The van der Waals surface area contributed by atoms with Crippen molar-refractivity contribution in [1.82, 2.24) is 25.5 Å². The number of nitrogens with zero attached hydrogens (tertiary/aromatic N) is 4. The fourth-order valence-electron chi connectivity index (χ4n) is 3.02. The molecule has 0 saturated heterocycles. The molecule has 0 bridgehead atoms. The van der Waals surface area contributed by atoms with Crippen LogP contribution in [0.25, 0.3) is 0 Å². The van der Waals surface area contributed by atoms with Gasteiger partial charge in [-0.1, -0.05) is 41.6 Å². The highest BCUT2D eigenvalue weighted by molar-refractivity contribution is 9.10. The van der Waals surface area contributed by atoms with Gasteiger partial charge in [0.15, 0.2) is 11.5 Å². The highest BCUT2D eigenvalue weighted by Crippen LogP contribution is 2.37. The maximum absolute atomic E-state index is 6.11. The van der Waals surface area contributed by atoms with Crippen LogP contribution in [-0.4, -0.2) is 39.1 Å². The molecule has 0 aliphatic rings. The molecule has 0 spiro atoms. The molecule has 1 aromatic heterocycles. The van der Waals surface area contributed by atoms with E-state index in [9.17, 15) is 0 Å². The number of thioether (sulfide) groups is 1. The number of aryl methyl sites for hydroxylation is 2. The fourth-order valence-corrected chi connectivity index (χ4v) is 4.41. The summed E-state index contributed by atoms with van der Waals surface area (Å²) in [6, 6.07) is 12.5. The van der Waals surface area contributed by atoms with Crippen molar-refractivity contribution in [2.45, 2.75) is 38.6 Å². The first-order chi connectivity index (χ1) is 15.1. The maximum atomic E-state index is 6.11. The zero-order valence-electron chi connectivity index (χ0n) is 18.1. The minimum Gasteiger partial charge on any atom is -0.490 e. The third-order valence-electron chi connectivity index (χ3n) is 4.47. The Morgan fingerprint density at radius 2 is 2.03 bits per heavy atom. The van der Waals surface area contributed by atoms with Crippen molar-refractivity contribution in [3.05, 3.63) is 57.6 Å². The lowest BCUT2D eigenvalue weighted by molar-refractivity contribution is 0.267. The summed E-state index contributed by atoms with van der Waals surface area (Å²) in [6.45, 7) is 6.80. The van der Waals surface area contributed by atoms with Gasteiger partial charge in [0.05, 0.1) is 11.1 Å². The van der Waals surface area contributed by atoms with Gasteiger partial charge in [-0.2, -0.15) is 0 Å². The summed E-state index contributed by atoms with van der Waals surface area (Å²) in [5.41, 5.74) is 3.50. The molecular formula is C22H28BrN5O2S. The number of nitrogens with one attached hydrogen (secondary N) is 1. The first-order valence-corrected chi connectivity index (χ1v) is 12.0. The predicted molar refractivity (Wildman–Crippen MR) is 127 cm³/mol. The number of ether oxygens (including phenoxy) is 2. The molecule has 0 radical (unpaired) electrons. The minimum atomic E-state index is 0.497. The molecule has 166 valence electrons. The van der Waals surface area contributed by atoms with E-state index < -0.39 is 0 Å². The molecule has 0 saturated carbocycles. The van der Waals surface area contributed by atoms with Crippen LogP contribution in [0.1, 0.15) is 30.0 Å². The lowest BCUT2D eigenvalue weighted by Crippen LogP contribution is -2.15. The number of hydrogen-bond acceptors (Lipinski definition) is 7. The number of tetrazole rings is 1. The first kappa shape index (κ1) is 23.6. The molecule has 2 aromatic carbocycles. The minimum absolute atomic E-state index is 0.497. The highest BCUT2D eigenvalue weighted by Gasteiger charge is 2.13. The lowest BCUT2D eigenvalue weighted by Gasteiger charge is -2.16. The Labute approximate surface area is 196 Å². The molecule has 3 aromatic rings. The van der Waals surface area contributed by atoms with Crippen LogP contribution in [0.5, 0.6) is 11.5 Å². The largest absolute Gasteiger partial charge is 0.490 e. The summed E-state index contributed by atoms with van der Waals surface area (Å²) >= 11 is 5.32. The molecule has 0 aliphatic carbocycles. The SMILES string of the molecule is CCOc1cc(CNCCCSc2nnnn2C)cc(Br)c1OCc1cccc(C)c1. The van der Waals surface area contributed by atoms with Crippen LogP contribution in [0.3, 0.4) is 0 Å². The summed E-state index contributed by atoms with van der Waals surface area (Å²) in [5.74, 6) is 2.45. The van der Waals surface area contributed by atoms with Crippen LogP contribution in [0, 0.1) is 6.92 Å². The van der Waals surface area contributed by atoms with Crippen molar-refractivity contribution in [1.29, 1.82) is 0 Å². The van der Waals surface area contributed by atoms with Gasteiger partial charge in [-0.05, 0) is 76.4 Å². The van der Waals surface area contributed by atoms with E-state index in [-0.39, 0.29) is 0 Å². The summed E-state index contributed by atoms with van der Waals surface area (Å²) in [6.07, 6.45) is 1.02. The van der Waals surface area contributed by atoms with Crippen molar-refractivity contribution in [2.24, 2.45) is 7.05 Å². The molecule has 0 aliphatic heterocycles. The van der Waals surface area contributed by atoms with Crippen molar-refractivity contribution in [2.75, 3.05) is 18.9 Å². The molecule has 9 heteroatoms. The zero-order valence-corrected chi connectivity index (χ0v) is 20.5. The average molecular weight is 506 g/mol. The number of aromatic nitrogens is 4. The summed E-state index contributed by atoms with van der Waals surface area (Å²) in [5, 5.41) is 15.8. The molecule has 0 unspecified atom stereocenters. The Morgan fingerprint density at radius 3 is 2.77 bits per heavy atom. The van der Waals surface area contributed by atoms with E-state index in [2.05, 4.69) is 68.0 Å². The number of benzene rings is 2. The Bertz CT molecular complexity index is 982. The number of hydrogen-bond donors (Lipinski definition) is 1. The van der Waals surface area contributed by atoms with Gasteiger partial charge in [-0.25, -0.2) is 4.68 Å². The normalized spacial score (nSPS) is 11.0. The van der Waals surface area contributed by atoms with Gasteiger partial charge in [0.1, 0.15) is 6.61 Å². The zero-order chi connectivity index (χ0) is 22.1. The molecule has 31 heavy (non-hydrogen) atoms. The molecule has 1 N–H and O–H groups in total. The predicted octanol–water partition coefficient (Wildman–Crippen LogP) is 4.53. The van der Waals surface area contributed by atoms with Crippen LogP contribution in [0.15, 0.2) is 46.0 Å². The smallest absolute Gasteiger partial charge is 0.209 e. The van der Waals surface area contributed by atoms with Crippen LogP contribution in [-0.2, 0) is 20.2 Å². The highest BCUT2D eigenvalue weighted by atomic mass is 79.9. The van der Waals surface area contributed by atoms with E-state index in [0.29, 0.717) is 13.2 Å². The van der Waals surface area contributed by atoms with E-state index >= 15 is 0 Å². The molecule has 3 rings (SSSR count). The number of halogens is 1. The Hall–Kier alpha value is -2.10. The average Bonchev–Trinajstić information content (AvgIpc) is 3.15. The van der Waals surface area contributed by atoms with Gasteiger partial charge in [-0.3, -0.25) is 0 Å². The second-order valence-electron chi connectivity index (χ2n) is 7.08. The van der Waals surface area contributed by atoms with Crippen molar-refractivity contribution < 1.29 is 9.47 Å². The Balaban J connectivity index is 1.52. The monoisotopic (exact) mass is 505 g/mol. The summed E-state index contributed by atoms with van der Waals surface area (Å²) < 4.78 is 14.6. The van der Waals surface area contributed by atoms with Gasteiger partial charge < -0.3 is 14.8 Å². The van der Waals surface area contributed by atoms with Crippen LogP contribution in [0.4, 0.5) is 0 Å². The molecule has 0 amide bonds. The van der Waals surface area contributed by atoms with Crippen LogP contribution in [0.2, 0.25) is 0 Å². The third kappa shape index (κ3) is 7.22. The Morgan fingerprint density at radius 1 is 1.16 bits per heavy atom. The van der Waals surface area contributed by atoms with E-state index in [1.165, 1.54) is 5.56 Å². The van der Waals surface area contributed by atoms with Crippen molar-refractivity contribution >= 4 is 27.7 Å². The standard InChI is InChI=1S/C22H28BrN5O2S/c1-4-29-20-13-18(14-24-9-6-10-31-22-25-26-27-28(22)3)12-19(23)21(20)30-15-17-8-5-7-16(2)11-17/h5,7-8,11-13,24H,4,6,9-10,14-15H2,1-3H3. The van der Waals surface area contributed by atoms with Gasteiger partial charge in [0.25, 0.3) is 0 Å². The van der Waals surface area contributed by atoms with Gasteiger partial charge >= 0.3 is 0 Å². The molecule has 7 nitrogen and oxygen atoms in total. The van der Waals surface area contributed by atoms with Crippen molar-refractivity contribution in [3.8, 4) is 11.5 Å². The molecular weight excluding hydrogens is 478 g/mol. The number of rotatable bonds is 12. The lowest BCUT2D eigenvalue weighted by atomic mass is 10.1. The second-order valence-corrected chi connectivity index (χ2v) is 9.00. The summed E-state index contributed by atoms with van der Waals surface area (Å²) in [7, 11) is 1.85. The van der Waals surface area contributed by atoms with E-state index in [1.54, 1.807) is 16.4 Å².